The number of hydrogen-bond acceptors (Lipinski definition) is 2. The second-order valence-corrected chi connectivity index (χ2v) is 4.97. The summed E-state index contributed by atoms with van der Waals surface area (Å²) in [4.78, 5) is 0. The van der Waals surface area contributed by atoms with Crippen molar-refractivity contribution in [3.05, 3.63) is 35.4 Å². The van der Waals surface area contributed by atoms with Gasteiger partial charge in [-0.05, 0) is 23.5 Å². The molecule has 0 fully saturated rings. The van der Waals surface area contributed by atoms with Crippen molar-refractivity contribution in [1.82, 2.24) is 0 Å². The number of aliphatic hydroxyl groups excluding tert-OH is 1. The van der Waals surface area contributed by atoms with Crippen LogP contribution in [-0.4, -0.2) is 12.2 Å². The molecule has 2 nitrogen and oxygen atoms in total. The van der Waals surface area contributed by atoms with Crippen LogP contribution in [0.25, 0.3) is 0 Å². The Labute approximate surface area is 105 Å². The molecule has 1 N–H and O–H groups in total. The fraction of sp³-hybridized carbons (Fsp3) is 0.600. The molecule has 1 unspecified atom stereocenters. The van der Waals surface area contributed by atoms with Crippen molar-refractivity contribution in [2.24, 2.45) is 5.92 Å². The fourth-order valence-electron chi connectivity index (χ4n) is 2.02. The van der Waals surface area contributed by atoms with Gasteiger partial charge in [-0.3, -0.25) is 0 Å². The van der Waals surface area contributed by atoms with Gasteiger partial charge in [0.1, 0.15) is 0 Å². The fourth-order valence-corrected chi connectivity index (χ4v) is 2.02. The van der Waals surface area contributed by atoms with Gasteiger partial charge in [-0.15, -0.1) is 0 Å². The van der Waals surface area contributed by atoms with Gasteiger partial charge in [0, 0.05) is 7.11 Å². The zero-order valence-electron chi connectivity index (χ0n) is 11.1. The van der Waals surface area contributed by atoms with Gasteiger partial charge in [0.25, 0.3) is 0 Å². The molecule has 0 aliphatic carbocycles. The lowest BCUT2D eigenvalue weighted by Crippen LogP contribution is -2.03. The highest BCUT2D eigenvalue weighted by molar-refractivity contribution is 5.28. The van der Waals surface area contributed by atoms with Gasteiger partial charge in [0.15, 0.2) is 0 Å². The van der Waals surface area contributed by atoms with E-state index >= 15 is 0 Å². The summed E-state index contributed by atoms with van der Waals surface area (Å²) in [5, 5.41) is 10.2. The summed E-state index contributed by atoms with van der Waals surface area (Å²) in [6.45, 7) is 4.99. The molecule has 1 rings (SSSR count). The van der Waals surface area contributed by atoms with Crippen LogP contribution >= 0.6 is 0 Å². The van der Waals surface area contributed by atoms with Crippen molar-refractivity contribution in [2.75, 3.05) is 7.11 Å². The summed E-state index contributed by atoms with van der Waals surface area (Å²) in [5.74, 6) is 0.705. The molecule has 1 aromatic carbocycles. The smallest absolute Gasteiger partial charge is 0.0793 e. The van der Waals surface area contributed by atoms with E-state index in [4.69, 9.17) is 4.74 Å². The minimum Gasteiger partial charge on any atom is -0.388 e. The van der Waals surface area contributed by atoms with Crippen LogP contribution in [0.5, 0.6) is 0 Å². The maximum Gasteiger partial charge on any atom is 0.0793 e. The lowest BCUT2D eigenvalue weighted by atomic mass is 9.97. The second kappa shape index (κ2) is 7.46. The quantitative estimate of drug-likeness (QED) is 0.782. The average Bonchev–Trinajstić information content (AvgIpc) is 2.29. The van der Waals surface area contributed by atoms with E-state index in [0.717, 1.165) is 24.0 Å². The Bertz CT molecular complexity index is 320. The van der Waals surface area contributed by atoms with E-state index in [9.17, 15) is 5.11 Å². The summed E-state index contributed by atoms with van der Waals surface area (Å²) in [6.07, 6.45) is 2.71. The van der Waals surface area contributed by atoms with E-state index in [1.807, 2.05) is 24.3 Å². The van der Waals surface area contributed by atoms with Crippen LogP contribution in [0.4, 0.5) is 0 Å². The Hall–Kier alpha value is -0.860. The van der Waals surface area contributed by atoms with Crippen molar-refractivity contribution in [1.29, 1.82) is 0 Å². The van der Waals surface area contributed by atoms with Crippen molar-refractivity contribution < 1.29 is 9.84 Å². The molecule has 0 radical (unpaired) electrons. The third-order valence-electron chi connectivity index (χ3n) is 2.97. The molecule has 1 atom stereocenters. The van der Waals surface area contributed by atoms with Gasteiger partial charge >= 0.3 is 0 Å². The SMILES string of the molecule is COCc1ccccc1C(O)CCCC(C)C. The first-order valence-electron chi connectivity index (χ1n) is 6.40. The van der Waals surface area contributed by atoms with Gasteiger partial charge in [0.2, 0.25) is 0 Å². The Morgan fingerprint density at radius 1 is 1.18 bits per heavy atom. The van der Waals surface area contributed by atoms with Crippen molar-refractivity contribution >= 4 is 0 Å². The third kappa shape index (κ3) is 4.88. The zero-order chi connectivity index (χ0) is 12.7. The molecule has 0 bridgehead atoms. The summed E-state index contributed by atoms with van der Waals surface area (Å²) in [5.41, 5.74) is 2.10. The molecule has 0 aliphatic rings. The molecule has 0 spiro atoms. The second-order valence-electron chi connectivity index (χ2n) is 4.97. The average molecular weight is 236 g/mol. The molecule has 96 valence electrons. The summed E-state index contributed by atoms with van der Waals surface area (Å²) in [7, 11) is 1.68. The predicted molar refractivity (Wildman–Crippen MR) is 70.8 cm³/mol. The molecule has 0 aromatic heterocycles. The molecule has 2 heteroatoms. The summed E-state index contributed by atoms with van der Waals surface area (Å²) >= 11 is 0. The Morgan fingerprint density at radius 3 is 2.53 bits per heavy atom. The highest BCUT2D eigenvalue weighted by Gasteiger charge is 2.11. The highest BCUT2D eigenvalue weighted by Crippen LogP contribution is 2.24. The molecule has 0 heterocycles. The molecule has 0 aliphatic heterocycles. The van der Waals surface area contributed by atoms with Gasteiger partial charge in [-0.1, -0.05) is 51.0 Å². The van der Waals surface area contributed by atoms with Crippen LogP contribution in [0.15, 0.2) is 24.3 Å². The van der Waals surface area contributed by atoms with Crippen LogP contribution in [0.3, 0.4) is 0 Å². The topological polar surface area (TPSA) is 29.5 Å². The maximum atomic E-state index is 10.2. The third-order valence-corrected chi connectivity index (χ3v) is 2.97. The zero-order valence-corrected chi connectivity index (χ0v) is 11.1. The minimum absolute atomic E-state index is 0.361. The van der Waals surface area contributed by atoms with E-state index in [1.54, 1.807) is 7.11 Å². The lowest BCUT2D eigenvalue weighted by Gasteiger charge is -2.15. The molecule has 0 saturated heterocycles. The van der Waals surface area contributed by atoms with Gasteiger partial charge < -0.3 is 9.84 Å². The standard InChI is InChI=1S/C15H24O2/c1-12(2)7-6-10-15(16)14-9-5-4-8-13(14)11-17-3/h4-5,8-9,12,15-16H,6-7,10-11H2,1-3H3. The number of rotatable bonds is 7. The molecular weight excluding hydrogens is 212 g/mol. The number of benzene rings is 1. The minimum atomic E-state index is -0.361. The molecule has 0 saturated carbocycles. The van der Waals surface area contributed by atoms with E-state index < -0.39 is 0 Å². The van der Waals surface area contributed by atoms with E-state index in [1.165, 1.54) is 6.42 Å². The summed E-state index contributed by atoms with van der Waals surface area (Å²) < 4.78 is 5.15. The Balaban J connectivity index is 2.58. The largest absolute Gasteiger partial charge is 0.388 e. The van der Waals surface area contributed by atoms with Gasteiger partial charge in [-0.25, -0.2) is 0 Å². The van der Waals surface area contributed by atoms with Crippen LogP contribution in [0, 0.1) is 5.92 Å². The first kappa shape index (κ1) is 14.2. The first-order valence-corrected chi connectivity index (χ1v) is 6.40. The number of aliphatic hydroxyl groups is 1. The monoisotopic (exact) mass is 236 g/mol. The highest BCUT2D eigenvalue weighted by atomic mass is 16.5. The van der Waals surface area contributed by atoms with Crippen LogP contribution < -0.4 is 0 Å². The lowest BCUT2D eigenvalue weighted by molar-refractivity contribution is 0.151. The number of methoxy groups -OCH3 is 1. The van der Waals surface area contributed by atoms with Crippen molar-refractivity contribution in [2.45, 2.75) is 45.8 Å². The van der Waals surface area contributed by atoms with Crippen molar-refractivity contribution in [3.63, 3.8) is 0 Å². The Morgan fingerprint density at radius 2 is 1.88 bits per heavy atom. The van der Waals surface area contributed by atoms with Gasteiger partial charge in [0.05, 0.1) is 12.7 Å². The Kier molecular flexibility index (Phi) is 6.23. The van der Waals surface area contributed by atoms with E-state index in [-0.39, 0.29) is 6.10 Å². The molecule has 17 heavy (non-hydrogen) atoms. The normalized spacial score (nSPS) is 13.0. The van der Waals surface area contributed by atoms with Crippen LogP contribution in [0.1, 0.15) is 50.3 Å². The van der Waals surface area contributed by atoms with Gasteiger partial charge in [-0.2, -0.15) is 0 Å². The molecule has 1 aromatic rings. The van der Waals surface area contributed by atoms with E-state index in [2.05, 4.69) is 13.8 Å². The first-order chi connectivity index (χ1) is 8.15. The number of ether oxygens (including phenoxy) is 1. The maximum absolute atomic E-state index is 10.2. The van der Waals surface area contributed by atoms with Crippen LogP contribution in [-0.2, 0) is 11.3 Å². The molecular formula is C15H24O2. The predicted octanol–water partition coefficient (Wildman–Crippen LogP) is 3.69. The van der Waals surface area contributed by atoms with Crippen LogP contribution in [0.2, 0.25) is 0 Å². The number of hydrogen-bond donors (Lipinski definition) is 1. The van der Waals surface area contributed by atoms with E-state index in [0.29, 0.717) is 12.5 Å². The van der Waals surface area contributed by atoms with Crippen molar-refractivity contribution in [3.8, 4) is 0 Å². The molecule has 0 amide bonds. The summed E-state index contributed by atoms with van der Waals surface area (Å²) in [6, 6.07) is 7.97.